The van der Waals surface area contributed by atoms with Gasteiger partial charge in [-0.15, -0.1) is 52.6 Å². The number of unbranched alkanes of at least 4 members (excludes halogenated alkanes) is 4. The van der Waals surface area contributed by atoms with Crippen LogP contribution in [0.1, 0.15) is 132 Å². The monoisotopic (exact) mass is 505 g/mol. The van der Waals surface area contributed by atoms with Crippen molar-refractivity contribution in [1.82, 2.24) is 0 Å². The van der Waals surface area contributed by atoms with E-state index >= 15 is 0 Å². The summed E-state index contributed by atoms with van der Waals surface area (Å²) in [6.45, 7) is 44.8. The summed E-state index contributed by atoms with van der Waals surface area (Å²) in [6.07, 6.45) is 29.2. The molecule has 0 saturated carbocycles. The first-order valence-corrected chi connectivity index (χ1v) is 14.2. The highest BCUT2D eigenvalue weighted by atomic mass is 13.8. The predicted octanol–water partition coefficient (Wildman–Crippen LogP) is 14.2. The lowest BCUT2D eigenvalue weighted by Crippen LogP contribution is -1.61. The van der Waals surface area contributed by atoms with Crippen molar-refractivity contribution in [2.24, 2.45) is 0 Å². The van der Waals surface area contributed by atoms with Crippen molar-refractivity contribution in [3.05, 3.63) is 101 Å². The van der Waals surface area contributed by atoms with E-state index in [9.17, 15) is 0 Å². The molecule has 0 nitrogen and oxygen atoms in total. The summed E-state index contributed by atoms with van der Waals surface area (Å²) < 4.78 is 0. The minimum atomic E-state index is 1.08. The summed E-state index contributed by atoms with van der Waals surface area (Å²) in [5.41, 5.74) is 0. The third kappa shape index (κ3) is 310. The molecular formula is C36H72. The molecule has 0 fully saturated rings. The van der Waals surface area contributed by atoms with Crippen molar-refractivity contribution >= 4 is 0 Å². The molecule has 0 spiro atoms. The fraction of sp³-hybridized carbons (Fsp3) is 0.556. The molecule has 0 aromatic heterocycles. The van der Waals surface area contributed by atoms with Crippen LogP contribution in [0.2, 0.25) is 0 Å². The van der Waals surface area contributed by atoms with Gasteiger partial charge >= 0.3 is 0 Å². The molecule has 0 aromatic rings. The van der Waals surface area contributed by atoms with E-state index in [1.807, 2.05) is 48.6 Å². The molecule has 36 heavy (non-hydrogen) atoms. The van der Waals surface area contributed by atoms with Gasteiger partial charge in [-0.3, -0.25) is 0 Å². The van der Waals surface area contributed by atoms with Crippen LogP contribution in [0.15, 0.2) is 101 Å². The maximum absolute atomic E-state index is 3.60. The average molecular weight is 505 g/mol. The van der Waals surface area contributed by atoms with Gasteiger partial charge in [0.1, 0.15) is 0 Å². The highest BCUT2D eigenvalue weighted by molar-refractivity contribution is 4.65. The van der Waals surface area contributed by atoms with Gasteiger partial charge in [-0.1, -0.05) is 130 Å². The Morgan fingerprint density at radius 1 is 0.306 bits per heavy atom. The second kappa shape index (κ2) is 104. The van der Waals surface area contributed by atoms with Gasteiger partial charge in [0, 0.05) is 0 Å². The lowest BCUT2D eigenvalue weighted by atomic mass is 10.3. The van der Waals surface area contributed by atoms with Crippen molar-refractivity contribution < 1.29 is 0 Å². The van der Waals surface area contributed by atoms with Crippen LogP contribution < -0.4 is 0 Å². The van der Waals surface area contributed by atoms with Crippen LogP contribution in [-0.4, -0.2) is 0 Å². The smallest absolute Gasteiger partial charge is 0.0354 e. The molecule has 0 aromatic carbocycles. The number of hydrogen-bond acceptors (Lipinski definition) is 0. The second-order valence-corrected chi connectivity index (χ2v) is 7.04. The molecule has 0 heterocycles. The van der Waals surface area contributed by atoms with E-state index in [2.05, 4.69) is 108 Å². The molecule has 0 amide bonds. The van der Waals surface area contributed by atoms with Crippen LogP contribution in [0.5, 0.6) is 0 Å². The van der Waals surface area contributed by atoms with Crippen LogP contribution >= 0.6 is 0 Å². The Kier molecular flexibility index (Phi) is 159. The van der Waals surface area contributed by atoms with Crippen LogP contribution in [0.4, 0.5) is 0 Å². The Hall–Kier alpha value is -2.08. The van der Waals surface area contributed by atoms with Gasteiger partial charge in [0.2, 0.25) is 0 Å². The van der Waals surface area contributed by atoms with Gasteiger partial charge in [-0.2, -0.15) is 0 Å². The molecule has 0 rings (SSSR count). The molecule has 0 aliphatic carbocycles. The molecule has 0 bridgehead atoms. The molecule has 0 N–H and O–H groups in total. The van der Waals surface area contributed by atoms with E-state index in [4.69, 9.17) is 0 Å². The van der Waals surface area contributed by atoms with Crippen molar-refractivity contribution in [2.45, 2.75) is 132 Å². The standard InChI is InChI=1S/2C6H12.6C4H8/c2*1-3-5-6-4-2;6*1-3-4-2/h2*3H,1,4-6H2,2H3;6*3H,1,4H2,2H3. The molecule has 0 aliphatic heterocycles. The van der Waals surface area contributed by atoms with Crippen molar-refractivity contribution in [3.63, 3.8) is 0 Å². The Morgan fingerprint density at radius 2 is 0.444 bits per heavy atom. The van der Waals surface area contributed by atoms with Gasteiger partial charge in [0.05, 0.1) is 0 Å². The van der Waals surface area contributed by atoms with E-state index in [0.29, 0.717) is 0 Å². The number of allylic oxidation sites excluding steroid dienone is 8. The summed E-state index contributed by atoms with van der Waals surface area (Å²) >= 11 is 0. The lowest BCUT2D eigenvalue weighted by Gasteiger charge is -1.81. The number of hydrogen-bond donors (Lipinski definition) is 0. The van der Waals surface area contributed by atoms with Crippen molar-refractivity contribution in [3.8, 4) is 0 Å². The third-order valence-corrected chi connectivity index (χ3v) is 3.26. The molecule has 0 radical (unpaired) electrons. The fourth-order valence-corrected chi connectivity index (χ4v) is 0.697. The summed E-state index contributed by atoms with van der Waals surface area (Å²) in [5.74, 6) is 0. The van der Waals surface area contributed by atoms with Gasteiger partial charge in [0.25, 0.3) is 0 Å². The highest BCUT2D eigenvalue weighted by Crippen LogP contribution is 1.92. The second-order valence-electron chi connectivity index (χ2n) is 7.04. The Morgan fingerprint density at radius 3 is 0.472 bits per heavy atom. The molecule has 0 atom stereocenters. The fourth-order valence-electron chi connectivity index (χ4n) is 0.697. The maximum Gasteiger partial charge on any atom is -0.0354 e. The van der Waals surface area contributed by atoms with E-state index in [0.717, 1.165) is 38.5 Å². The first-order valence-electron chi connectivity index (χ1n) is 14.2. The molecular weight excluding hydrogens is 432 g/mol. The molecule has 0 aliphatic rings. The highest BCUT2D eigenvalue weighted by Gasteiger charge is 1.72. The van der Waals surface area contributed by atoms with E-state index in [1.54, 1.807) is 0 Å². The Labute approximate surface area is 233 Å². The van der Waals surface area contributed by atoms with Crippen LogP contribution in [-0.2, 0) is 0 Å². The summed E-state index contributed by atoms with van der Waals surface area (Å²) in [4.78, 5) is 0. The number of rotatable bonds is 12. The normalized spacial score (nSPS) is 6.89. The summed E-state index contributed by atoms with van der Waals surface area (Å²) in [7, 11) is 0. The predicted molar refractivity (Wildman–Crippen MR) is 182 cm³/mol. The average Bonchev–Trinajstić information content (AvgIpc) is 2.95. The minimum Gasteiger partial charge on any atom is -0.103 e. The van der Waals surface area contributed by atoms with Crippen LogP contribution in [0.25, 0.3) is 0 Å². The SMILES string of the molecule is C=CCC.C=CCC.C=CCC.C=CCC.C=CCC.C=CCC.C=CCCCC.C=CCCCC. The zero-order chi connectivity index (χ0) is 30.1. The van der Waals surface area contributed by atoms with Crippen molar-refractivity contribution in [1.29, 1.82) is 0 Å². The first-order chi connectivity index (χ1) is 17.3. The molecule has 0 unspecified atom stereocenters. The topological polar surface area (TPSA) is 0 Å². The largest absolute Gasteiger partial charge is 0.103 e. The Balaban J connectivity index is -0.0000000418. The zero-order valence-corrected chi connectivity index (χ0v) is 26.8. The Bertz CT molecular complexity index is 282. The maximum atomic E-state index is 3.60. The van der Waals surface area contributed by atoms with E-state index in [-0.39, 0.29) is 0 Å². The van der Waals surface area contributed by atoms with Gasteiger partial charge in [-0.05, 0) is 51.4 Å². The van der Waals surface area contributed by atoms with E-state index < -0.39 is 0 Å². The zero-order valence-electron chi connectivity index (χ0n) is 26.8. The van der Waals surface area contributed by atoms with Gasteiger partial charge < -0.3 is 0 Å². The molecule has 0 saturated heterocycles. The third-order valence-electron chi connectivity index (χ3n) is 3.26. The van der Waals surface area contributed by atoms with E-state index in [1.165, 1.54) is 38.5 Å². The van der Waals surface area contributed by atoms with Crippen molar-refractivity contribution in [2.75, 3.05) is 0 Å². The molecule has 0 heteroatoms. The van der Waals surface area contributed by atoms with Crippen LogP contribution in [0.3, 0.4) is 0 Å². The molecule has 216 valence electrons. The minimum absolute atomic E-state index is 1.08. The lowest BCUT2D eigenvalue weighted by molar-refractivity contribution is 0.816. The summed E-state index contributed by atoms with van der Waals surface area (Å²) in [5, 5.41) is 0. The van der Waals surface area contributed by atoms with Crippen LogP contribution in [0, 0.1) is 0 Å². The van der Waals surface area contributed by atoms with Gasteiger partial charge in [0.15, 0.2) is 0 Å². The first kappa shape index (κ1) is 54.7. The summed E-state index contributed by atoms with van der Waals surface area (Å²) in [6, 6.07) is 0. The quantitative estimate of drug-likeness (QED) is 0.183. The van der Waals surface area contributed by atoms with Gasteiger partial charge in [-0.25, -0.2) is 0 Å².